The van der Waals surface area contributed by atoms with Crippen molar-refractivity contribution in [3.8, 4) is 0 Å². The Hall–Kier alpha value is -2.49. The van der Waals surface area contributed by atoms with Crippen LogP contribution in [0.25, 0.3) is 0 Å². The number of fused-ring (bicyclic) bond motifs is 1. The molecule has 0 aliphatic carbocycles. The van der Waals surface area contributed by atoms with Gasteiger partial charge in [-0.05, 0) is 56.2 Å². The molecule has 0 bridgehead atoms. The van der Waals surface area contributed by atoms with Crippen molar-refractivity contribution < 1.29 is 4.79 Å². The lowest BCUT2D eigenvalue weighted by Gasteiger charge is -2.22. The standard InChI is InChI=1S/C19H23N3O/c1-3-21(4-2)17-11-9-16(10-12-17)20-19(23)22-14-13-15-7-5-6-8-18(15)22/h5-12H,3-4,13-14H2,1-2H3,(H,20,23). The zero-order valence-corrected chi connectivity index (χ0v) is 13.7. The number of nitrogens with zero attached hydrogens (tertiary/aromatic N) is 2. The maximum atomic E-state index is 12.5. The Labute approximate surface area is 137 Å². The molecular formula is C19H23N3O. The van der Waals surface area contributed by atoms with Crippen LogP contribution in [0.1, 0.15) is 19.4 Å². The first-order valence-corrected chi connectivity index (χ1v) is 8.24. The molecule has 4 heteroatoms. The van der Waals surface area contributed by atoms with Crippen LogP contribution in [0.2, 0.25) is 0 Å². The monoisotopic (exact) mass is 309 g/mol. The summed E-state index contributed by atoms with van der Waals surface area (Å²) in [5, 5.41) is 3.00. The van der Waals surface area contributed by atoms with Gasteiger partial charge in [0.15, 0.2) is 0 Å². The molecule has 0 aromatic heterocycles. The van der Waals surface area contributed by atoms with E-state index in [2.05, 4.69) is 42.3 Å². The molecule has 0 saturated carbocycles. The molecule has 0 atom stereocenters. The first-order valence-electron chi connectivity index (χ1n) is 8.24. The topological polar surface area (TPSA) is 35.6 Å². The van der Waals surface area contributed by atoms with Gasteiger partial charge in [-0.1, -0.05) is 18.2 Å². The molecule has 2 aromatic carbocycles. The maximum absolute atomic E-state index is 12.5. The highest BCUT2D eigenvalue weighted by Crippen LogP contribution is 2.28. The molecule has 1 aliphatic rings. The summed E-state index contributed by atoms with van der Waals surface area (Å²) in [4.78, 5) is 16.6. The molecule has 0 fully saturated rings. The number of nitrogens with one attached hydrogen (secondary N) is 1. The third-order valence-electron chi connectivity index (χ3n) is 4.38. The van der Waals surface area contributed by atoms with E-state index in [1.807, 2.05) is 35.2 Å². The predicted molar refractivity (Wildman–Crippen MR) is 96.5 cm³/mol. The van der Waals surface area contributed by atoms with Gasteiger partial charge < -0.3 is 10.2 Å². The highest BCUT2D eigenvalue weighted by molar-refractivity contribution is 6.03. The van der Waals surface area contributed by atoms with Gasteiger partial charge in [-0.15, -0.1) is 0 Å². The molecule has 4 nitrogen and oxygen atoms in total. The fraction of sp³-hybridized carbons (Fsp3) is 0.316. The molecule has 3 rings (SSSR count). The number of rotatable bonds is 4. The normalized spacial score (nSPS) is 12.9. The van der Waals surface area contributed by atoms with Crippen LogP contribution in [0.5, 0.6) is 0 Å². The van der Waals surface area contributed by atoms with Crippen molar-refractivity contribution in [2.24, 2.45) is 0 Å². The van der Waals surface area contributed by atoms with Gasteiger partial charge in [0.1, 0.15) is 0 Å². The SMILES string of the molecule is CCN(CC)c1ccc(NC(=O)N2CCc3ccccc32)cc1. The summed E-state index contributed by atoms with van der Waals surface area (Å²) in [5.74, 6) is 0. The summed E-state index contributed by atoms with van der Waals surface area (Å²) < 4.78 is 0. The van der Waals surface area contributed by atoms with Crippen molar-refractivity contribution >= 4 is 23.1 Å². The van der Waals surface area contributed by atoms with E-state index in [0.717, 1.165) is 37.4 Å². The summed E-state index contributed by atoms with van der Waals surface area (Å²) >= 11 is 0. The van der Waals surface area contributed by atoms with E-state index >= 15 is 0 Å². The molecule has 0 radical (unpaired) electrons. The molecule has 1 heterocycles. The largest absolute Gasteiger partial charge is 0.372 e. The predicted octanol–water partition coefficient (Wildman–Crippen LogP) is 4.13. The number of amides is 2. The van der Waals surface area contributed by atoms with Gasteiger partial charge in [-0.3, -0.25) is 4.90 Å². The van der Waals surface area contributed by atoms with Crippen molar-refractivity contribution in [1.29, 1.82) is 0 Å². The number of carbonyl (C=O) groups is 1. The number of carbonyl (C=O) groups excluding carboxylic acids is 1. The van der Waals surface area contributed by atoms with Gasteiger partial charge in [0.25, 0.3) is 0 Å². The van der Waals surface area contributed by atoms with Gasteiger partial charge in [0.2, 0.25) is 0 Å². The number of hydrogen-bond acceptors (Lipinski definition) is 2. The fourth-order valence-electron chi connectivity index (χ4n) is 3.08. The van der Waals surface area contributed by atoms with E-state index in [9.17, 15) is 4.79 Å². The Kier molecular flexibility index (Phi) is 4.51. The smallest absolute Gasteiger partial charge is 0.326 e. The molecule has 120 valence electrons. The minimum atomic E-state index is -0.0643. The Bertz CT molecular complexity index is 677. The van der Waals surface area contributed by atoms with Crippen LogP contribution in [0.15, 0.2) is 48.5 Å². The summed E-state index contributed by atoms with van der Waals surface area (Å²) in [7, 11) is 0. The van der Waals surface area contributed by atoms with Crippen LogP contribution >= 0.6 is 0 Å². The van der Waals surface area contributed by atoms with Crippen LogP contribution in [0.3, 0.4) is 0 Å². The van der Waals surface area contributed by atoms with E-state index in [0.29, 0.717) is 0 Å². The van der Waals surface area contributed by atoms with Gasteiger partial charge in [-0.25, -0.2) is 4.79 Å². The van der Waals surface area contributed by atoms with Crippen LogP contribution in [-0.2, 0) is 6.42 Å². The van der Waals surface area contributed by atoms with Crippen molar-refractivity contribution in [2.45, 2.75) is 20.3 Å². The second kappa shape index (κ2) is 6.73. The first-order chi connectivity index (χ1) is 11.2. The second-order valence-electron chi connectivity index (χ2n) is 5.68. The third kappa shape index (κ3) is 3.16. The highest BCUT2D eigenvalue weighted by atomic mass is 16.2. The Morgan fingerprint density at radius 3 is 2.48 bits per heavy atom. The van der Waals surface area contributed by atoms with Crippen molar-refractivity contribution in [2.75, 3.05) is 34.8 Å². The molecule has 0 spiro atoms. The van der Waals surface area contributed by atoms with E-state index < -0.39 is 0 Å². The van der Waals surface area contributed by atoms with Gasteiger partial charge in [-0.2, -0.15) is 0 Å². The molecule has 1 aliphatic heterocycles. The van der Waals surface area contributed by atoms with Gasteiger partial charge >= 0.3 is 6.03 Å². The minimum Gasteiger partial charge on any atom is -0.372 e. The molecule has 0 saturated heterocycles. The summed E-state index contributed by atoms with van der Waals surface area (Å²) in [6.07, 6.45) is 0.921. The molecule has 23 heavy (non-hydrogen) atoms. The Balaban J connectivity index is 1.69. The zero-order chi connectivity index (χ0) is 16.2. The molecule has 0 unspecified atom stereocenters. The van der Waals surface area contributed by atoms with Crippen LogP contribution < -0.4 is 15.1 Å². The average Bonchev–Trinajstić information content (AvgIpc) is 3.01. The van der Waals surface area contributed by atoms with Crippen molar-refractivity contribution in [3.63, 3.8) is 0 Å². The molecule has 2 aromatic rings. The van der Waals surface area contributed by atoms with E-state index in [-0.39, 0.29) is 6.03 Å². The van der Waals surface area contributed by atoms with E-state index in [1.54, 1.807) is 0 Å². The highest BCUT2D eigenvalue weighted by Gasteiger charge is 2.24. The fourth-order valence-corrected chi connectivity index (χ4v) is 3.08. The minimum absolute atomic E-state index is 0.0643. The Morgan fingerprint density at radius 2 is 1.78 bits per heavy atom. The lowest BCUT2D eigenvalue weighted by atomic mass is 10.2. The quantitative estimate of drug-likeness (QED) is 0.922. The number of anilines is 3. The first kappa shape index (κ1) is 15.4. The summed E-state index contributed by atoms with van der Waals surface area (Å²) in [6, 6.07) is 16.1. The van der Waals surface area contributed by atoms with Crippen molar-refractivity contribution in [3.05, 3.63) is 54.1 Å². The van der Waals surface area contributed by atoms with E-state index in [4.69, 9.17) is 0 Å². The van der Waals surface area contributed by atoms with Gasteiger partial charge in [0, 0.05) is 36.7 Å². The third-order valence-corrected chi connectivity index (χ3v) is 4.38. The van der Waals surface area contributed by atoms with Gasteiger partial charge in [0.05, 0.1) is 0 Å². The summed E-state index contributed by atoms with van der Waals surface area (Å²) in [5.41, 5.74) is 4.26. The second-order valence-corrected chi connectivity index (χ2v) is 5.68. The number of urea groups is 1. The van der Waals surface area contributed by atoms with E-state index in [1.165, 1.54) is 11.3 Å². The molecule has 2 amide bonds. The lowest BCUT2D eigenvalue weighted by Crippen LogP contribution is -2.33. The van der Waals surface area contributed by atoms with Crippen LogP contribution in [-0.4, -0.2) is 25.7 Å². The molecular weight excluding hydrogens is 286 g/mol. The molecule has 1 N–H and O–H groups in total. The average molecular weight is 309 g/mol. The maximum Gasteiger partial charge on any atom is 0.326 e. The number of hydrogen-bond donors (Lipinski definition) is 1. The summed E-state index contributed by atoms with van der Waals surface area (Å²) in [6.45, 7) is 6.98. The lowest BCUT2D eigenvalue weighted by molar-refractivity contribution is 0.257. The van der Waals surface area contributed by atoms with Crippen LogP contribution in [0, 0.1) is 0 Å². The number of para-hydroxylation sites is 1. The Morgan fingerprint density at radius 1 is 1.09 bits per heavy atom. The van der Waals surface area contributed by atoms with Crippen LogP contribution in [0.4, 0.5) is 21.9 Å². The number of benzene rings is 2. The zero-order valence-electron chi connectivity index (χ0n) is 13.7. The van der Waals surface area contributed by atoms with Crippen molar-refractivity contribution in [1.82, 2.24) is 0 Å².